The molecule has 0 spiro atoms. The van der Waals surface area contributed by atoms with Crippen LogP contribution in [0.5, 0.6) is 0 Å². The Morgan fingerprint density at radius 1 is 1.12 bits per heavy atom. The lowest BCUT2D eigenvalue weighted by atomic mass is 10.2. The fourth-order valence-electron chi connectivity index (χ4n) is 2.24. The van der Waals surface area contributed by atoms with Gasteiger partial charge in [-0.3, -0.25) is 4.79 Å². The molecule has 25 heavy (non-hydrogen) atoms. The predicted molar refractivity (Wildman–Crippen MR) is 99.1 cm³/mol. The molecule has 0 aromatic heterocycles. The van der Waals surface area contributed by atoms with E-state index in [1.165, 1.54) is 24.3 Å². The van der Waals surface area contributed by atoms with E-state index in [1.807, 2.05) is 0 Å². The molecule has 1 saturated heterocycles. The standard InChI is InChI=1S/C12H12BrCl3N2O5S2/c13-7-1-3-8(4-2-7)25(22,23)18-10-6-24(20,21)5-9(10)17-11(19)12(14,15)16/h1-4,9-10,18H,5-6H2,(H,17,19)/t9-,10-/m0/s1. The van der Waals surface area contributed by atoms with Gasteiger partial charge >= 0.3 is 0 Å². The van der Waals surface area contributed by atoms with Gasteiger partial charge in [0.25, 0.3) is 9.70 Å². The van der Waals surface area contributed by atoms with Crippen LogP contribution < -0.4 is 10.0 Å². The van der Waals surface area contributed by atoms with E-state index in [9.17, 15) is 21.6 Å². The molecule has 1 aromatic rings. The van der Waals surface area contributed by atoms with Crippen molar-refractivity contribution in [2.24, 2.45) is 0 Å². The lowest BCUT2D eigenvalue weighted by molar-refractivity contribution is -0.120. The molecular weight excluding hydrogens is 503 g/mol. The fourth-order valence-corrected chi connectivity index (χ4v) is 5.91. The van der Waals surface area contributed by atoms with Crippen LogP contribution in [0.15, 0.2) is 33.6 Å². The Morgan fingerprint density at radius 2 is 1.64 bits per heavy atom. The summed E-state index contributed by atoms with van der Waals surface area (Å²) in [6.45, 7) is 0. The minimum absolute atomic E-state index is 0.0496. The minimum atomic E-state index is -4.00. The smallest absolute Gasteiger partial charge is 0.272 e. The van der Waals surface area contributed by atoms with E-state index in [-0.39, 0.29) is 4.90 Å². The summed E-state index contributed by atoms with van der Waals surface area (Å²) < 4.78 is 49.2. The molecule has 2 rings (SSSR count). The summed E-state index contributed by atoms with van der Waals surface area (Å²) in [7, 11) is -7.58. The monoisotopic (exact) mass is 512 g/mol. The van der Waals surface area contributed by atoms with Gasteiger partial charge in [-0.1, -0.05) is 50.7 Å². The Morgan fingerprint density at radius 3 is 2.16 bits per heavy atom. The van der Waals surface area contributed by atoms with Gasteiger partial charge in [0.2, 0.25) is 10.0 Å². The lowest BCUT2D eigenvalue weighted by Crippen LogP contribution is -2.53. The molecule has 1 aromatic carbocycles. The fraction of sp³-hybridized carbons (Fsp3) is 0.417. The van der Waals surface area contributed by atoms with Gasteiger partial charge in [0.05, 0.1) is 28.5 Å². The molecule has 13 heteroatoms. The first-order chi connectivity index (χ1) is 11.3. The summed E-state index contributed by atoms with van der Waals surface area (Å²) in [6, 6.07) is 3.62. The summed E-state index contributed by atoms with van der Waals surface area (Å²) in [4.78, 5) is 11.7. The number of rotatable bonds is 4. The molecule has 0 saturated carbocycles. The van der Waals surface area contributed by atoms with Crippen LogP contribution in [0.2, 0.25) is 0 Å². The normalized spacial score (nSPS) is 23.4. The second-order valence-electron chi connectivity index (χ2n) is 5.34. The van der Waals surface area contributed by atoms with Gasteiger partial charge in [0, 0.05) is 4.47 Å². The van der Waals surface area contributed by atoms with Crippen molar-refractivity contribution >= 4 is 76.5 Å². The molecule has 0 radical (unpaired) electrons. The van der Waals surface area contributed by atoms with Crippen molar-refractivity contribution in [3.8, 4) is 0 Å². The van der Waals surface area contributed by atoms with Crippen molar-refractivity contribution < 1.29 is 21.6 Å². The summed E-state index contributed by atoms with van der Waals surface area (Å²) >= 11 is 19.5. The number of alkyl halides is 3. The molecule has 140 valence electrons. The van der Waals surface area contributed by atoms with Gasteiger partial charge in [0.15, 0.2) is 9.84 Å². The van der Waals surface area contributed by atoms with Gasteiger partial charge in [-0.15, -0.1) is 0 Å². The highest BCUT2D eigenvalue weighted by atomic mass is 79.9. The van der Waals surface area contributed by atoms with Crippen LogP contribution in [0.4, 0.5) is 0 Å². The molecule has 0 unspecified atom stereocenters. The molecule has 1 fully saturated rings. The second kappa shape index (κ2) is 7.49. The van der Waals surface area contributed by atoms with Gasteiger partial charge in [-0.25, -0.2) is 21.6 Å². The topological polar surface area (TPSA) is 109 Å². The number of benzene rings is 1. The molecule has 1 aliphatic heterocycles. The maximum absolute atomic E-state index is 12.4. The molecule has 1 amide bonds. The predicted octanol–water partition coefficient (Wildman–Crippen LogP) is 1.38. The van der Waals surface area contributed by atoms with Crippen LogP contribution in [0.3, 0.4) is 0 Å². The molecule has 1 heterocycles. The quantitative estimate of drug-likeness (QED) is 0.590. The van der Waals surface area contributed by atoms with E-state index in [1.54, 1.807) is 0 Å². The summed E-state index contributed by atoms with van der Waals surface area (Å²) in [5.74, 6) is -1.98. The molecule has 0 bridgehead atoms. The van der Waals surface area contributed by atoms with E-state index in [0.29, 0.717) is 4.47 Å². The largest absolute Gasteiger partial charge is 0.347 e. The van der Waals surface area contributed by atoms with Crippen LogP contribution >= 0.6 is 50.7 Å². The maximum atomic E-state index is 12.4. The van der Waals surface area contributed by atoms with Crippen molar-refractivity contribution in [1.82, 2.24) is 10.0 Å². The molecule has 1 aliphatic rings. The van der Waals surface area contributed by atoms with E-state index in [4.69, 9.17) is 34.8 Å². The van der Waals surface area contributed by atoms with Crippen molar-refractivity contribution in [3.63, 3.8) is 0 Å². The Hall–Kier alpha value is -0.100. The molecule has 2 N–H and O–H groups in total. The second-order valence-corrected chi connectivity index (χ2v) is 12.4. The van der Waals surface area contributed by atoms with Crippen molar-refractivity contribution in [3.05, 3.63) is 28.7 Å². The van der Waals surface area contributed by atoms with E-state index < -0.39 is 53.1 Å². The number of sulfonamides is 1. The van der Waals surface area contributed by atoms with Crippen molar-refractivity contribution in [2.75, 3.05) is 11.5 Å². The highest BCUT2D eigenvalue weighted by Gasteiger charge is 2.43. The molecular formula is C12H12BrCl3N2O5S2. The van der Waals surface area contributed by atoms with Crippen LogP contribution in [-0.4, -0.2) is 50.1 Å². The van der Waals surface area contributed by atoms with Crippen LogP contribution in [-0.2, 0) is 24.7 Å². The highest BCUT2D eigenvalue weighted by molar-refractivity contribution is 9.10. The highest BCUT2D eigenvalue weighted by Crippen LogP contribution is 2.27. The number of nitrogens with one attached hydrogen (secondary N) is 2. The third-order valence-corrected chi connectivity index (χ3v) is 7.64. The Balaban J connectivity index is 2.23. The molecule has 2 atom stereocenters. The zero-order valence-corrected chi connectivity index (χ0v) is 17.7. The molecule has 0 aliphatic carbocycles. The molecule has 7 nitrogen and oxygen atoms in total. The number of sulfone groups is 1. The SMILES string of the molecule is O=C(N[C@H]1CS(=O)(=O)C[C@@H]1NS(=O)(=O)c1ccc(Br)cc1)C(Cl)(Cl)Cl. The van der Waals surface area contributed by atoms with E-state index in [0.717, 1.165) is 0 Å². The number of carbonyl (C=O) groups is 1. The van der Waals surface area contributed by atoms with Crippen LogP contribution in [0.25, 0.3) is 0 Å². The average molecular weight is 515 g/mol. The first-order valence-corrected chi connectivity index (χ1v) is 11.9. The van der Waals surface area contributed by atoms with Crippen molar-refractivity contribution in [1.29, 1.82) is 0 Å². The third kappa shape index (κ3) is 5.69. The number of hydrogen-bond acceptors (Lipinski definition) is 5. The Bertz CT molecular complexity index is 869. The number of carbonyl (C=O) groups excluding carboxylic acids is 1. The first-order valence-electron chi connectivity index (χ1n) is 6.66. The van der Waals surface area contributed by atoms with Crippen LogP contribution in [0.1, 0.15) is 0 Å². The maximum Gasteiger partial charge on any atom is 0.272 e. The Labute approximate surface area is 168 Å². The van der Waals surface area contributed by atoms with Gasteiger partial charge in [0.1, 0.15) is 0 Å². The number of hydrogen-bond donors (Lipinski definition) is 2. The summed E-state index contributed by atoms with van der Waals surface area (Å²) in [5.41, 5.74) is 0. The third-order valence-electron chi connectivity index (χ3n) is 3.36. The van der Waals surface area contributed by atoms with Gasteiger partial charge in [-0.2, -0.15) is 0 Å². The number of halogens is 4. The van der Waals surface area contributed by atoms with E-state index >= 15 is 0 Å². The Kier molecular flexibility index (Phi) is 6.35. The first kappa shape index (κ1) is 21.2. The average Bonchev–Trinajstić information content (AvgIpc) is 2.71. The zero-order valence-electron chi connectivity index (χ0n) is 12.2. The van der Waals surface area contributed by atoms with Crippen molar-refractivity contribution in [2.45, 2.75) is 20.8 Å². The van der Waals surface area contributed by atoms with Gasteiger partial charge < -0.3 is 5.32 Å². The minimum Gasteiger partial charge on any atom is -0.347 e. The van der Waals surface area contributed by atoms with Crippen LogP contribution in [0, 0.1) is 0 Å². The summed E-state index contributed by atoms with van der Waals surface area (Å²) in [5, 5.41) is 2.26. The van der Waals surface area contributed by atoms with E-state index in [2.05, 4.69) is 26.0 Å². The lowest BCUT2D eigenvalue weighted by Gasteiger charge is -2.22. The zero-order chi connectivity index (χ0) is 19.0. The summed E-state index contributed by atoms with van der Waals surface area (Å²) in [6.07, 6.45) is 0. The van der Waals surface area contributed by atoms with Gasteiger partial charge in [-0.05, 0) is 24.3 Å². The number of amides is 1.